The van der Waals surface area contributed by atoms with Crippen LogP contribution in [0, 0.1) is 11.8 Å². The summed E-state index contributed by atoms with van der Waals surface area (Å²) >= 11 is 6.04. The number of nitrogens with one attached hydrogen (secondary N) is 1. The summed E-state index contributed by atoms with van der Waals surface area (Å²) in [7, 11) is 0. The highest BCUT2D eigenvalue weighted by atomic mass is 35.5. The largest absolute Gasteiger partial charge is 0.382 e. The van der Waals surface area contributed by atoms with Gasteiger partial charge in [-0.2, -0.15) is 5.10 Å². The van der Waals surface area contributed by atoms with E-state index >= 15 is 0 Å². The van der Waals surface area contributed by atoms with Gasteiger partial charge in [-0.05, 0) is 43.4 Å². The van der Waals surface area contributed by atoms with Crippen LogP contribution in [-0.2, 0) is 4.79 Å². The molecule has 0 radical (unpaired) electrons. The van der Waals surface area contributed by atoms with E-state index in [0.29, 0.717) is 28.1 Å². The highest BCUT2D eigenvalue weighted by molar-refractivity contribution is 6.33. The quantitative estimate of drug-likeness (QED) is 0.713. The molecule has 3 N–H and O–H groups in total. The molecule has 0 aromatic carbocycles. The average Bonchev–Trinajstić information content (AvgIpc) is 3.29. The van der Waals surface area contributed by atoms with Crippen molar-refractivity contribution >= 4 is 34.8 Å². The van der Waals surface area contributed by atoms with Gasteiger partial charge in [-0.15, -0.1) is 0 Å². The molecule has 2 unspecified atom stereocenters. The maximum absolute atomic E-state index is 12.5. The van der Waals surface area contributed by atoms with Crippen LogP contribution in [0.4, 0.5) is 11.6 Å². The van der Waals surface area contributed by atoms with Crippen molar-refractivity contribution in [1.29, 1.82) is 0 Å². The molecule has 0 bridgehead atoms. The van der Waals surface area contributed by atoms with Crippen LogP contribution in [0.25, 0.3) is 16.9 Å². The number of hydrogen-bond acceptors (Lipinski definition) is 5. The number of fused-ring (bicyclic) bond motifs is 1. The van der Waals surface area contributed by atoms with Gasteiger partial charge in [-0.1, -0.05) is 24.9 Å². The van der Waals surface area contributed by atoms with Gasteiger partial charge in [-0.25, -0.2) is 14.5 Å². The first-order valence-corrected chi connectivity index (χ1v) is 9.50. The molecule has 1 saturated carbocycles. The highest BCUT2D eigenvalue weighted by Gasteiger charge is 2.29. The molecule has 3 aromatic rings. The topological polar surface area (TPSA) is 98.2 Å². The van der Waals surface area contributed by atoms with E-state index in [1.165, 1.54) is 0 Å². The molecule has 1 aliphatic rings. The Morgan fingerprint density at radius 1 is 1.41 bits per heavy atom. The number of hydrogen-bond donors (Lipinski definition) is 2. The minimum absolute atomic E-state index is 0.0455. The number of carbonyl (C=O) groups is 1. The summed E-state index contributed by atoms with van der Waals surface area (Å²) in [6.45, 7) is 2.18. The number of amides is 1. The van der Waals surface area contributed by atoms with Crippen LogP contribution < -0.4 is 11.1 Å². The normalized spacial score (nSPS) is 19.5. The van der Waals surface area contributed by atoms with E-state index in [0.717, 1.165) is 31.2 Å². The van der Waals surface area contributed by atoms with Crippen molar-refractivity contribution in [3.63, 3.8) is 0 Å². The number of rotatable bonds is 4. The first-order chi connectivity index (χ1) is 13.0. The molecule has 27 heavy (non-hydrogen) atoms. The van der Waals surface area contributed by atoms with Crippen molar-refractivity contribution in [3.05, 3.63) is 35.6 Å². The van der Waals surface area contributed by atoms with Gasteiger partial charge in [0, 0.05) is 17.7 Å². The van der Waals surface area contributed by atoms with Gasteiger partial charge < -0.3 is 11.1 Å². The van der Waals surface area contributed by atoms with Crippen molar-refractivity contribution in [2.45, 2.75) is 32.6 Å². The Labute approximate surface area is 162 Å². The molecule has 0 saturated heterocycles. The molecule has 1 amide bonds. The Hall–Kier alpha value is -2.67. The maximum atomic E-state index is 12.5. The minimum atomic E-state index is 0.0455. The second-order valence-corrected chi connectivity index (χ2v) is 7.42. The van der Waals surface area contributed by atoms with Gasteiger partial charge in [0.05, 0.1) is 16.9 Å². The number of pyridine rings is 1. The fourth-order valence-corrected chi connectivity index (χ4v) is 3.76. The third kappa shape index (κ3) is 3.60. The summed E-state index contributed by atoms with van der Waals surface area (Å²) in [4.78, 5) is 21.0. The van der Waals surface area contributed by atoms with Gasteiger partial charge in [0.2, 0.25) is 5.91 Å². The van der Waals surface area contributed by atoms with Crippen molar-refractivity contribution in [2.75, 3.05) is 11.1 Å². The van der Waals surface area contributed by atoms with Gasteiger partial charge in [0.25, 0.3) is 0 Å². The number of anilines is 2. The molecule has 2 atom stereocenters. The molecule has 3 heterocycles. The second kappa shape index (κ2) is 7.15. The van der Waals surface area contributed by atoms with E-state index in [2.05, 4.69) is 27.3 Å². The van der Waals surface area contributed by atoms with Crippen LogP contribution >= 0.6 is 11.6 Å². The SMILES string of the molecule is CCC1CCC(C(=O)Nc2cn3nc(-c4cnc(N)c(Cl)c4)ccc3n2)C1. The number of nitrogen functional groups attached to an aromatic ring is 1. The number of nitrogens with zero attached hydrogens (tertiary/aromatic N) is 4. The van der Waals surface area contributed by atoms with Gasteiger partial charge in [0.15, 0.2) is 11.5 Å². The first-order valence-electron chi connectivity index (χ1n) is 9.12. The molecule has 1 fully saturated rings. The molecule has 8 heteroatoms. The van der Waals surface area contributed by atoms with Gasteiger partial charge in [-0.3, -0.25) is 4.79 Å². The maximum Gasteiger partial charge on any atom is 0.228 e. The molecule has 4 rings (SSSR count). The van der Waals surface area contributed by atoms with E-state index in [1.807, 2.05) is 12.1 Å². The highest BCUT2D eigenvalue weighted by Crippen LogP contribution is 2.33. The lowest BCUT2D eigenvalue weighted by Crippen LogP contribution is -2.20. The van der Waals surface area contributed by atoms with Gasteiger partial charge >= 0.3 is 0 Å². The van der Waals surface area contributed by atoms with Crippen LogP contribution in [0.15, 0.2) is 30.6 Å². The third-order valence-corrected chi connectivity index (χ3v) is 5.53. The summed E-state index contributed by atoms with van der Waals surface area (Å²) < 4.78 is 1.64. The Kier molecular flexibility index (Phi) is 4.70. The summed E-state index contributed by atoms with van der Waals surface area (Å²) in [6.07, 6.45) is 7.51. The van der Waals surface area contributed by atoms with Crippen molar-refractivity contribution in [1.82, 2.24) is 19.6 Å². The zero-order valence-corrected chi connectivity index (χ0v) is 15.8. The molecular weight excluding hydrogens is 364 g/mol. The lowest BCUT2D eigenvalue weighted by Gasteiger charge is -2.09. The zero-order chi connectivity index (χ0) is 19.0. The number of aromatic nitrogens is 4. The van der Waals surface area contributed by atoms with Crippen molar-refractivity contribution < 1.29 is 4.79 Å². The fourth-order valence-electron chi connectivity index (χ4n) is 3.60. The van der Waals surface area contributed by atoms with E-state index in [4.69, 9.17) is 17.3 Å². The first kappa shape index (κ1) is 17.7. The molecule has 0 spiro atoms. The summed E-state index contributed by atoms with van der Waals surface area (Å²) in [5, 5.41) is 7.85. The standard InChI is InChI=1S/C19H21ClN6O/c1-2-11-3-4-12(7-11)19(27)24-16-10-26-17(23-16)6-5-15(25-26)13-8-14(20)18(21)22-9-13/h5-6,8-12H,2-4,7H2,1H3,(H2,21,22)(H,24,27). The van der Waals surface area contributed by atoms with Crippen LogP contribution in [0.1, 0.15) is 32.6 Å². The van der Waals surface area contributed by atoms with E-state index in [1.54, 1.807) is 23.0 Å². The molecule has 1 aliphatic carbocycles. The molecule has 7 nitrogen and oxygen atoms in total. The smallest absolute Gasteiger partial charge is 0.228 e. The predicted octanol–water partition coefficient (Wildman–Crippen LogP) is 3.79. The van der Waals surface area contributed by atoms with E-state index in [-0.39, 0.29) is 17.6 Å². The fraction of sp³-hybridized carbons (Fsp3) is 0.368. The number of halogens is 1. The lowest BCUT2D eigenvalue weighted by molar-refractivity contribution is -0.119. The van der Waals surface area contributed by atoms with Gasteiger partial charge in [0.1, 0.15) is 5.82 Å². The molecule has 140 valence electrons. The zero-order valence-electron chi connectivity index (χ0n) is 15.0. The minimum Gasteiger partial charge on any atom is -0.382 e. The Balaban J connectivity index is 1.54. The number of nitrogens with two attached hydrogens (primary N) is 1. The van der Waals surface area contributed by atoms with Crippen LogP contribution in [0.3, 0.4) is 0 Å². The monoisotopic (exact) mass is 384 g/mol. The number of imidazole rings is 1. The molecule has 0 aliphatic heterocycles. The summed E-state index contributed by atoms with van der Waals surface area (Å²) in [5.74, 6) is 1.58. The number of carbonyl (C=O) groups excluding carboxylic acids is 1. The predicted molar refractivity (Wildman–Crippen MR) is 105 cm³/mol. The van der Waals surface area contributed by atoms with E-state index in [9.17, 15) is 4.79 Å². The summed E-state index contributed by atoms with van der Waals surface area (Å²) in [6, 6.07) is 5.40. The molecular formula is C19H21ClN6O. The van der Waals surface area contributed by atoms with Crippen molar-refractivity contribution in [2.24, 2.45) is 11.8 Å². The molecule has 3 aromatic heterocycles. The third-order valence-electron chi connectivity index (χ3n) is 5.23. The summed E-state index contributed by atoms with van der Waals surface area (Å²) in [5.41, 5.74) is 7.76. The Morgan fingerprint density at radius 2 is 2.26 bits per heavy atom. The second-order valence-electron chi connectivity index (χ2n) is 7.01. The van der Waals surface area contributed by atoms with Crippen LogP contribution in [-0.4, -0.2) is 25.5 Å². The Morgan fingerprint density at radius 3 is 3.00 bits per heavy atom. The lowest BCUT2D eigenvalue weighted by atomic mass is 10.0. The Bertz CT molecular complexity index is 1000. The van der Waals surface area contributed by atoms with Crippen LogP contribution in [0.5, 0.6) is 0 Å². The van der Waals surface area contributed by atoms with E-state index < -0.39 is 0 Å². The average molecular weight is 385 g/mol. The van der Waals surface area contributed by atoms with Crippen LogP contribution in [0.2, 0.25) is 5.02 Å². The van der Waals surface area contributed by atoms with Crippen molar-refractivity contribution in [3.8, 4) is 11.3 Å².